The number of Topliss-reactive ketones (excluding diaryl/α,β-unsaturated/α-hetero) is 1. The van der Waals surface area contributed by atoms with E-state index in [-0.39, 0.29) is 0 Å². The molecule has 1 aromatic rings. The van der Waals surface area contributed by atoms with Crippen molar-refractivity contribution >= 4 is 28.7 Å². The Bertz CT molecular complexity index is 424. The molecule has 2 saturated carbocycles. The fraction of sp³-hybridized carbons (Fsp3) is 0.667. The Balaban J connectivity index is 1.82. The topological polar surface area (TPSA) is 17.1 Å². The molecular formula is C15H19ClOS. The van der Waals surface area contributed by atoms with E-state index in [1.165, 1.54) is 49.9 Å². The van der Waals surface area contributed by atoms with Gasteiger partial charge in [-0.3, -0.25) is 4.79 Å². The van der Waals surface area contributed by atoms with Gasteiger partial charge in [-0.15, -0.1) is 11.3 Å². The molecule has 2 aliphatic carbocycles. The van der Waals surface area contributed by atoms with Crippen molar-refractivity contribution < 1.29 is 4.79 Å². The first kappa shape index (κ1) is 12.7. The molecule has 0 aromatic carbocycles. The number of thiophene rings is 1. The number of carbonyl (C=O) groups excluding carboxylic acids is 1. The van der Waals surface area contributed by atoms with E-state index in [0.717, 1.165) is 14.8 Å². The quantitative estimate of drug-likeness (QED) is 0.702. The molecule has 0 bridgehead atoms. The summed E-state index contributed by atoms with van der Waals surface area (Å²) in [6.45, 7) is 1.98. The first-order chi connectivity index (χ1) is 8.66. The first-order valence-electron chi connectivity index (χ1n) is 6.97. The summed E-state index contributed by atoms with van der Waals surface area (Å²) in [4.78, 5) is 13.6. The molecule has 0 atom stereocenters. The number of rotatable bonds is 4. The van der Waals surface area contributed by atoms with E-state index in [1.54, 1.807) is 0 Å². The number of hydrogen-bond donors (Lipinski definition) is 0. The molecule has 0 amide bonds. The highest BCUT2D eigenvalue weighted by Gasteiger charge is 2.41. The number of hydrogen-bond acceptors (Lipinski definition) is 2. The summed E-state index contributed by atoms with van der Waals surface area (Å²) >= 11 is 7.57. The summed E-state index contributed by atoms with van der Waals surface area (Å²) in [6, 6.07) is 1.99. The van der Waals surface area contributed by atoms with E-state index in [1.807, 2.05) is 13.0 Å². The van der Waals surface area contributed by atoms with Gasteiger partial charge in [0.1, 0.15) is 0 Å². The van der Waals surface area contributed by atoms with Gasteiger partial charge < -0.3 is 0 Å². The maximum atomic E-state index is 12.7. The summed E-state index contributed by atoms with van der Waals surface area (Å²) < 4.78 is 0.777. The van der Waals surface area contributed by atoms with Gasteiger partial charge in [0.2, 0.25) is 0 Å². The van der Waals surface area contributed by atoms with Gasteiger partial charge in [0, 0.05) is 5.92 Å². The lowest BCUT2D eigenvalue weighted by molar-refractivity contribution is 0.0582. The van der Waals surface area contributed by atoms with E-state index in [0.29, 0.717) is 23.5 Å². The summed E-state index contributed by atoms with van der Waals surface area (Å²) in [5, 5.41) is 0. The molecule has 1 nitrogen and oxygen atoms in total. The molecule has 1 aromatic heterocycles. The number of ketones is 1. The Morgan fingerprint density at radius 2 is 1.83 bits per heavy atom. The lowest BCUT2D eigenvalue weighted by Gasteiger charge is -2.41. The third-order valence-electron chi connectivity index (χ3n) is 4.72. The largest absolute Gasteiger partial charge is 0.293 e. The van der Waals surface area contributed by atoms with Crippen LogP contribution in [0, 0.1) is 24.7 Å². The predicted octanol–water partition coefficient (Wildman–Crippen LogP) is 5.11. The monoisotopic (exact) mass is 282 g/mol. The second kappa shape index (κ2) is 4.97. The second-order valence-electron chi connectivity index (χ2n) is 5.84. The maximum absolute atomic E-state index is 12.7. The van der Waals surface area contributed by atoms with E-state index in [4.69, 9.17) is 11.6 Å². The van der Waals surface area contributed by atoms with Crippen LogP contribution in [0.1, 0.15) is 53.8 Å². The zero-order valence-electron chi connectivity index (χ0n) is 10.7. The molecule has 2 aliphatic rings. The van der Waals surface area contributed by atoms with Crippen LogP contribution in [0.4, 0.5) is 0 Å². The van der Waals surface area contributed by atoms with Crippen molar-refractivity contribution in [3.05, 3.63) is 20.8 Å². The summed E-state index contributed by atoms with van der Waals surface area (Å²) in [5.41, 5.74) is 1.05. The standard InChI is InChI=1S/C15H19ClOS/c1-9-8-12(18-15(9)16)14(17)13(10-4-2-5-10)11-6-3-7-11/h8,10-11,13H,2-7H2,1H3. The molecule has 0 aliphatic heterocycles. The highest BCUT2D eigenvalue weighted by Crippen LogP contribution is 2.46. The van der Waals surface area contributed by atoms with Crippen LogP contribution in [0.15, 0.2) is 6.07 Å². The van der Waals surface area contributed by atoms with E-state index in [9.17, 15) is 4.79 Å². The van der Waals surface area contributed by atoms with Crippen LogP contribution in [-0.4, -0.2) is 5.78 Å². The van der Waals surface area contributed by atoms with Gasteiger partial charge in [-0.25, -0.2) is 0 Å². The van der Waals surface area contributed by atoms with Gasteiger partial charge in [0.05, 0.1) is 9.21 Å². The van der Waals surface area contributed by atoms with Crippen molar-refractivity contribution in [1.29, 1.82) is 0 Å². The van der Waals surface area contributed by atoms with Gasteiger partial charge >= 0.3 is 0 Å². The van der Waals surface area contributed by atoms with Crippen molar-refractivity contribution in [2.24, 2.45) is 17.8 Å². The van der Waals surface area contributed by atoms with Gasteiger partial charge in [0.25, 0.3) is 0 Å². The lowest BCUT2D eigenvalue weighted by atomic mass is 9.63. The SMILES string of the molecule is Cc1cc(C(=O)C(C2CCC2)C2CCC2)sc1Cl. The van der Waals surface area contributed by atoms with Crippen molar-refractivity contribution in [1.82, 2.24) is 0 Å². The second-order valence-corrected chi connectivity index (χ2v) is 7.49. The summed E-state index contributed by atoms with van der Waals surface area (Å²) in [5.74, 6) is 1.99. The van der Waals surface area contributed by atoms with Gasteiger partial charge in [-0.05, 0) is 56.1 Å². The molecule has 18 heavy (non-hydrogen) atoms. The van der Waals surface area contributed by atoms with Crippen LogP contribution in [-0.2, 0) is 0 Å². The Morgan fingerprint density at radius 1 is 1.28 bits per heavy atom. The minimum atomic E-state index is 0.293. The predicted molar refractivity (Wildman–Crippen MR) is 76.6 cm³/mol. The normalized spacial score (nSPS) is 20.8. The number of carbonyl (C=O) groups is 1. The van der Waals surface area contributed by atoms with E-state index in [2.05, 4.69) is 0 Å². The highest BCUT2D eigenvalue weighted by atomic mass is 35.5. The fourth-order valence-electron chi connectivity index (χ4n) is 3.16. The van der Waals surface area contributed by atoms with Crippen LogP contribution >= 0.6 is 22.9 Å². The molecule has 0 unspecified atom stereocenters. The third-order valence-corrected chi connectivity index (χ3v) is 6.29. The average molecular weight is 283 g/mol. The minimum absolute atomic E-state index is 0.293. The van der Waals surface area contributed by atoms with Crippen LogP contribution in [0.2, 0.25) is 4.34 Å². The average Bonchev–Trinajstić information content (AvgIpc) is 2.52. The van der Waals surface area contributed by atoms with Crippen molar-refractivity contribution in [3.8, 4) is 0 Å². The Morgan fingerprint density at radius 3 is 2.17 bits per heavy atom. The van der Waals surface area contributed by atoms with Crippen molar-refractivity contribution in [3.63, 3.8) is 0 Å². The van der Waals surface area contributed by atoms with E-state index >= 15 is 0 Å². The Kier molecular flexibility index (Phi) is 3.50. The van der Waals surface area contributed by atoms with Crippen LogP contribution in [0.5, 0.6) is 0 Å². The zero-order valence-corrected chi connectivity index (χ0v) is 12.3. The minimum Gasteiger partial charge on any atom is -0.293 e. The van der Waals surface area contributed by atoms with Crippen LogP contribution < -0.4 is 0 Å². The molecule has 0 saturated heterocycles. The van der Waals surface area contributed by atoms with Crippen LogP contribution in [0.3, 0.4) is 0 Å². The number of aryl methyl sites for hydroxylation is 1. The van der Waals surface area contributed by atoms with Gasteiger partial charge in [0.15, 0.2) is 5.78 Å². The molecule has 0 N–H and O–H groups in total. The molecule has 0 spiro atoms. The number of halogens is 1. The Hall–Kier alpha value is -0.340. The lowest BCUT2D eigenvalue weighted by Crippen LogP contribution is -2.37. The van der Waals surface area contributed by atoms with Gasteiger partial charge in [-0.2, -0.15) is 0 Å². The molecule has 3 heteroatoms. The fourth-order valence-corrected chi connectivity index (χ4v) is 4.35. The zero-order chi connectivity index (χ0) is 12.7. The smallest absolute Gasteiger partial charge is 0.176 e. The molecule has 2 fully saturated rings. The summed E-state index contributed by atoms with van der Waals surface area (Å²) in [7, 11) is 0. The van der Waals surface area contributed by atoms with Crippen molar-refractivity contribution in [2.75, 3.05) is 0 Å². The maximum Gasteiger partial charge on any atom is 0.176 e. The highest BCUT2D eigenvalue weighted by molar-refractivity contribution is 7.18. The molecule has 3 rings (SSSR count). The van der Waals surface area contributed by atoms with Crippen molar-refractivity contribution in [2.45, 2.75) is 45.4 Å². The first-order valence-corrected chi connectivity index (χ1v) is 8.16. The Labute approximate surface area is 118 Å². The third kappa shape index (κ3) is 2.14. The van der Waals surface area contributed by atoms with E-state index < -0.39 is 0 Å². The molecule has 0 radical (unpaired) electrons. The molecule has 1 heterocycles. The summed E-state index contributed by atoms with van der Waals surface area (Å²) in [6.07, 6.45) is 7.64. The van der Waals surface area contributed by atoms with Crippen LogP contribution in [0.25, 0.3) is 0 Å². The van der Waals surface area contributed by atoms with Gasteiger partial charge in [-0.1, -0.05) is 24.4 Å². The molecular weight excluding hydrogens is 264 g/mol. The molecule has 98 valence electrons.